The molecule has 0 aliphatic heterocycles. The molecule has 0 spiro atoms. The first-order valence-electron chi connectivity index (χ1n) is 17.2. The minimum absolute atomic E-state index is 0.0767. The van der Waals surface area contributed by atoms with Crippen LogP contribution in [0.25, 0.3) is 0 Å². The average molecular weight is 640 g/mol. The molecule has 1 saturated carbocycles. The van der Waals surface area contributed by atoms with Crippen molar-refractivity contribution in [3.8, 4) is 6.07 Å². The van der Waals surface area contributed by atoms with Crippen LogP contribution in [0.3, 0.4) is 0 Å². The molecule has 7 atom stereocenters. The second-order valence-electron chi connectivity index (χ2n) is 16.7. The summed E-state index contributed by atoms with van der Waals surface area (Å²) in [5.41, 5.74) is 3.41. The second kappa shape index (κ2) is 14.0. The van der Waals surface area contributed by atoms with Crippen molar-refractivity contribution in [2.24, 2.45) is 43.6 Å². The molecule has 0 radical (unpaired) electrons. The quantitative estimate of drug-likeness (QED) is 0.172. The summed E-state index contributed by atoms with van der Waals surface area (Å²) in [6, 6.07) is 12.6. The summed E-state index contributed by atoms with van der Waals surface area (Å²) in [4.78, 5) is 30.4. The molecule has 260 valence electrons. The predicted octanol–water partition coefficient (Wildman–Crippen LogP) is 7.99. The number of benzene rings is 1. The van der Waals surface area contributed by atoms with Gasteiger partial charge >= 0.3 is 11.9 Å². The van der Waals surface area contributed by atoms with Crippen LogP contribution in [0.5, 0.6) is 0 Å². The Morgan fingerprint density at radius 1 is 1.04 bits per heavy atom. The van der Waals surface area contributed by atoms with E-state index in [1.54, 1.807) is 0 Å². The van der Waals surface area contributed by atoms with E-state index in [2.05, 4.69) is 85.7 Å². The summed E-state index contributed by atoms with van der Waals surface area (Å²) >= 11 is 0. The van der Waals surface area contributed by atoms with Crippen LogP contribution in [0.1, 0.15) is 120 Å². The molecule has 0 amide bonds. The van der Waals surface area contributed by atoms with Gasteiger partial charge in [0.15, 0.2) is 0 Å². The van der Waals surface area contributed by atoms with Gasteiger partial charge in [-0.25, -0.2) is 0 Å². The Kier molecular flexibility index (Phi) is 12.1. The molecule has 7 nitrogen and oxygen atoms in total. The lowest BCUT2D eigenvalue weighted by Crippen LogP contribution is -2.65. The van der Waals surface area contributed by atoms with E-state index in [-0.39, 0.29) is 35.3 Å². The number of hydrogen-bond acceptors (Lipinski definition) is 7. The van der Waals surface area contributed by atoms with Gasteiger partial charge in [-0.05, 0) is 107 Å². The first-order valence-corrected chi connectivity index (χ1v) is 17.2. The van der Waals surface area contributed by atoms with E-state index in [9.17, 15) is 14.9 Å². The Labute approximate surface area is 281 Å². The van der Waals surface area contributed by atoms with Crippen molar-refractivity contribution in [3.63, 3.8) is 0 Å². The van der Waals surface area contributed by atoms with Gasteiger partial charge in [0.05, 0.1) is 29.4 Å². The van der Waals surface area contributed by atoms with Gasteiger partial charge in [-0.15, -0.1) is 0 Å². The standard InChI is InChI=1S/C39H65N3O4/c1-15-37(10,34(6,7)38(11,28(3)41)32(44)46-23-22-42(12)13)36(9,31(43)45-14)25-33(4,5)30(29-20-18-17-19-21-29)24-39(16-2)26-35(39,8)27-40/h17-21,28,30H,15-16,22-26,41H2,1-14H3. The molecular weight excluding hydrogens is 574 g/mol. The van der Waals surface area contributed by atoms with E-state index < -0.39 is 33.1 Å². The van der Waals surface area contributed by atoms with E-state index in [0.29, 0.717) is 19.4 Å². The summed E-state index contributed by atoms with van der Waals surface area (Å²) in [6.45, 7) is 23.8. The fraction of sp³-hybridized carbons (Fsp3) is 0.769. The van der Waals surface area contributed by atoms with E-state index >= 15 is 0 Å². The van der Waals surface area contributed by atoms with Crippen molar-refractivity contribution < 1.29 is 19.1 Å². The Morgan fingerprint density at radius 2 is 1.61 bits per heavy atom. The minimum Gasteiger partial charge on any atom is -0.469 e. The maximum Gasteiger partial charge on any atom is 0.313 e. The number of hydrogen-bond donors (Lipinski definition) is 1. The Bertz CT molecular complexity index is 1250. The summed E-state index contributed by atoms with van der Waals surface area (Å²) in [6.07, 6.45) is 3.77. The van der Waals surface area contributed by atoms with E-state index in [1.807, 2.05) is 45.8 Å². The van der Waals surface area contributed by atoms with Gasteiger partial charge in [-0.3, -0.25) is 9.59 Å². The highest BCUT2D eigenvalue weighted by molar-refractivity contribution is 5.81. The van der Waals surface area contributed by atoms with E-state index in [0.717, 1.165) is 19.3 Å². The smallest absolute Gasteiger partial charge is 0.313 e. The largest absolute Gasteiger partial charge is 0.469 e. The van der Waals surface area contributed by atoms with Gasteiger partial charge in [-0.2, -0.15) is 5.26 Å². The molecule has 1 aliphatic rings. The van der Waals surface area contributed by atoms with Crippen molar-refractivity contribution in [1.82, 2.24) is 4.90 Å². The number of carbonyl (C=O) groups excluding carboxylic acids is 2. The normalized spacial score (nSPS) is 25.3. The first-order chi connectivity index (χ1) is 21.1. The molecule has 46 heavy (non-hydrogen) atoms. The lowest BCUT2D eigenvalue weighted by Gasteiger charge is -2.61. The van der Waals surface area contributed by atoms with Crippen LogP contribution in [0.15, 0.2) is 30.3 Å². The van der Waals surface area contributed by atoms with Gasteiger partial charge < -0.3 is 20.1 Å². The van der Waals surface area contributed by atoms with Crippen LogP contribution in [0.4, 0.5) is 0 Å². The van der Waals surface area contributed by atoms with Gasteiger partial charge in [0, 0.05) is 12.6 Å². The van der Waals surface area contributed by atoms with Crippen molar-refractivity contribution in [2.45, 2.75) is 120 Å². The zero-order valence-corrected chi connectivity index (χ0v) is 31.6. The molecule has 2 N–H and O–H groups in total. The number of nitrogens with zero attached hydrogens (tertiary/aromatic N) is 2. The number of rotatable bonds is 17. The first kappa shape index (κ1) is 39.7. The molecule has 0 aromatic heterocycles. The molecule has 7 heteroatoms. The zero-order valence-electron chi connectivity index (χ0n) is 31.6. The van der Waals surface area contributed by atoms with Gasteiger partial charge in [0.25, 0.3) is 0 Å². The SMILES string of the molecule is CCC1(CC(c2ccccc2)C(C)(C)CC(C)(C(=O)OC)C(C)(CC)C(C)(C)C(C)(C(=O)OCCN(C)C)C(C)N)CC1(C)C#N. The molecule has 1 aromatic rings. The van der Waals surface area contributed by atoms with Crippen molar-refractivity contribution in [2.75, 3.05) is 34.4 Å². The monoisotopic (exact) mass is 639 g/mol. The highest BCUT2D eigenvalue weighted by Crippen LogP contribution is 2.71. The number of ether oxygens (including phenoxy) is 2. The summed E-state index contributed by atoms with van der Waals surface area (Å²) in [7, 11) is 5.34. The molecule has 0 saturated heterocycles. The predicted molar refractivity (Wildman–Crippen MR) is 187 cm³/mol. The third kappa shape index (κ3) is 6.63. The maximum absolute atomic E-state index is 14.3. The molecule has 1 fully saturated rings. The molecule has 1 aliphatic carbocycles. The van der Waals surface area contributed by atoms with Gasteiger partial charge in [-0.1, -0.05) is 78.8 Å². The fourth-order valence-electron chi connectivity index (χ4n) is 9.00. The lowest BCUT2D eigenvalue weighted by molar-refractivity contribution is -0.199. The van der Waals surface area contributed by atoms with Crippen LogP contribution in [0.2, 0.25) is 0 Å². The zero-order chi connectivity index (χ0) is 35.6. The highest BCUT2D eigenvalue weighted by Gasteiger charge is 2.68. The highest BCUT2D eigenvalue weighted by atomic mass is 16.5. The summed E-state index contributed by atoms with van der Waals surface area (Å²) < 4.78 is 11.6. The Morgan fingerprint density at radius 3 is 2.02 bits per heavy atom. The molecule has 0 heterocycles. The third-order valence-corrected chi connectivity index (χ3v) is 13.6. The Balaban J connectivity index is 2.75. The van der Waals surface area contributed by atoms with Crippen molar-refractivity contribution in [3.05, 3.63) is 35.9 Å². The number of nitriles is 1. The minimum atomic E-state index is -1.11. The molecule has 7 unspecified atom stereocenters. The van der Waals surface area contributed by atoms with Gasteiger partial charge in [0.1, 0.15) is 6.61 Å². The molecular formula is C39H65N3O4. The maximum atomic E-state index is 14.3. The summed E-state index contributed by atoms with van der Waals surface area (Å²) in [5, 5.41) is 10.1. The lowest BCUT2D eigenvalue weighted by atomic mass is 9.41. The molecule has 2 rings (SSSR count). The number of likely N-dealkylation sites (N-methyl/N-ethyl adjacent to an activating group) is 1. The molecule has 0 bridgehead atoms. The topological polar surface area (TPSA) is 106 Å². The second-order valence-corrected chi connectivity index (χ2v) is 16.7. The van der Waals surface area contributed by atoms with Crippen LogP contribution < -0.4 is 5.73 Å². The number of carbonyl (C=O) groups is 2. The van der Waals surface area contributed by atoms with E-state index in [1.165, 1.54) is 12.7 Å². The van der Waals surface area contributed by atoms with Crippen LogP contribution in [0, 0.1) is 49.2 Å². The average Bonchev–Trinajstić information content (AvgIpc) is 3.61. The van der Waals surface area contributed by atoms with E-state index in [4.69, 9.17) is 15.2 Å². The number of methoxy groups -OCH3 is 1. The van der Waals surface area contributed by atoms with Crippen LogP contribution >= 0.6 is 0 Å². The van der Waals surface area contributed by atoms with Crippen LogP contribution in [-0.2, 0) is 19.1 Å². The number of esters is 2. The molecule has 1 aromatic carbocycles. The van der Waals surface area contributed by atoms with Gasteiger partial charge in [0.2, 0.25) is 0 Å². The van der Waals surface area contributed by atoms with Crippen molar-refractivity contribution in [1.29, 1.82) is 5.26 Å². The Hall–Kier alpha value is -2.43. The fourth-order valence-corrected chi connectivity index (χ4v) is 9.00. The van der Waals surface area contributed by atoms with Crippen LogP contribution in [-0.4, -0.2) is 57.2 Å². The summed E-state index contributed by atoms with van der Waals surface area (Å²) in [5.74, 6) is -0.568. The number of nitrogens with two attached hydrogens (primary N) is 1. The third-order valence-electron chi connectivity index (χ3n) is 13.6. The van der Waals surface area contributed by atoms with Crippen molar-refractivity contribution >= 4 is 11.9 Å².